The van der Waals surface area contributed by atoms with E-state index in [1.54, 1.807) is 0 Å². The Morgan fingerprint density at radius 3 is 1.47 bits per heavy atom. The molecule has 0 unspecified atom stereocenters. The fourth-order valence-electron chi connectivity index (χ4n) is 8.75. The minimum Gasteiger partial charge on any atom is -0.456 e. The van der Waals surface area contributed by atoms with Crippen molar-refractivity contribution in [2.45, 2.75) is 0 Å². The third-order valence-electron chi connectivity index (χ3n) is 11.7. The topological polar surface area (TPSA) is 16.4 Å². The summed E-state index contributed by atoms with van der Waals surface area (Å²) in [6.45, 7) is 0. The van der Waals surface area contributed by atoms with E-state index in [1.165, 1.54) is 33.0 Å². The zero-order valence-electron chi connectivity index (χ0n) is 32.9. The maximum atomic E-state index is 6.57. The van der Waals surface area contributed by atoms with Crippen molar-refractivity contribution >= 4 is 49.8 Å². The number of hydrogen-bond acceptors (Lipinski definition) is 2. The summed E-state index contributed by atoms with van der Waals surface area (Å²) in [5.41, 5.74) is 16.7. The predicted octanol–water partition coefficient (Wildman–Crippen LogP) is 16.5. The van der Waals surface area contributed by atoms with Gasteiger partial charge < -0.3 is 9.32 Å². The van der Waals surface area contributed by atoms with Crippen molar-refractivity contribution in [3.63, 3.8) is 0 Å². The summed E-state index contributed by atoms with van der Waals surface area (Å²) in [5.74, 6) is 0. The number of furan rings is 1. The van der Waals surface area contributed by atoms with Gasteiger partial charge in [-0.15, -0.1) is 0 Å². The minimum atomic E-state index is 0.883. The van der Waals surface area contributed by atoms with E-state index in [1.807, 2.05) is 0 Å². The molecular formula is C58H39NO. The highest BCUT2D eigenvalue weighted by Crippen LogP contribution is 2.46. The molecule has 2 heteroatoms. The molecule has 0 saturated carbocycles. The van der Waals surface area contributed by atoms with E-state index in [4.69, 9.17) is 4.42 Å². The van der Waals surface area contributed by atoms with Gasteiger partial charge in [-0.2, -0.15) is 0 Å². The molecule has 0 aliphatic rings. The molecule has 0 aliphatic heterocycles. The van der Waals surface area contributed by atoms with Crippen LogP contribution in [0, 0.1) is 0 Å². The van der Waals surface area contributed by atoms with Crippen LogP contribution >= 0.6 is 0 Å². The second kappa shape index (κ2) is 15.1. The third kappa shape index (κ3) is 6.41. The summed E-state index contributed by atoms with van der Waals surface area (Å²) in [6.07, 6.45) is 0. The Hall–Kier alpha value is -7.94. The van der Waals surface area contributed by atoms with Gasteiger partial charge >= 0.3 is 0 Å². The third-order valence-corrected chi connectivity index (χ3v) is 11.7. The quantitative estimate of drug-likeness (QED) is 0.153. The van der Waals surface area contributed by atoms with Crippen LogP contribution in [0.4, 0.5) is 17.1 Å². The number of nitrogens with zero attached hydrogens (tertiary/aromatic N) is 1. The Morgan fingerprint density at radius 1 is 0.283 bits per heavy atom. The van der Waals surface area contributed by atoms with E-state index in [2.05, 4.69) is 241 Å². The molecule has 0 fully saturated rings. The molecule has 282 valence electrons. The normalized spacial score (nSPS) is 11.3. The molecule has 11 rings (SSSR count). The fraction of sp³-hybridized carbons (Fsp3) is 0. The van der Waals surface area contributed by atoms with Crippen molar-refractivity contribution in [1.82, 2.24) is 0 Å². The van der Waals surface area contributed by atoms with Crippen molar-refractivity contribution in [3.05, 3.63) is 237 Å². The maximum Gasteiger partial charge on any atom is 0.136 e. The van der Waals surface area contributed by atoms with E-state index in [-0.39, 0.29) is 0 Å². The molecule has 1 aromatic heterocycles. The van der Waals surface area contributed by atoms with E-state index in [0.717, 1.165) is 72.4 Å². The number of para-hydroxylation sites is 1. The van der Waals surface area contributed by atoms with Crippen LogP contribution < -0.4 is 4.90 Å². The van der Waals surface area contributed by atoms with Crippen LogP contribution in [-0.4, -0.2) is 0 Å². The molecule has 60 heavy (non-hydrogen) atoms. The first-order valence-corrected chi connectivity index (χ1v) is 20.5. The van der Waals surface area contributed by atoms with Crippen molar-refractivity contribution < 1.29 is 4.42 Å². The van der Waals surface area contributed by atoms with E-state index in [9.17, 15) is 0 Å². The van der Waals surface area contributed by atoms with Crippen LogP contribution in [-0.2, 0) is 0 Å². The second-order valence-corrected chi connectivity index (χ2v) is 15.3. The van der Waals surface area contributed by atoms with Gasteiger partial charge in [0.2, 0.25) is 0 Å². The van der Waals surface area contributed by atoms with Gasteiger partial charge in [-0.1, -0.05) is 188 Å². The monoisotopic (exact) mass is 765 g/mol. The average Bonchev–Trinajstić information content (AvgIpc) is 3.70. The van der Waals surface area contributed by atoms with Crippen LogP contribution in [0.25, 0.3) is 88.3 Å². The molecule has 0 N–H and O–H groups in total. The van der Waals surface area contributed by atoms with Crippen LogP contribution in [0.15, 0.2) is 241 Å². The lowest BCUT2D eigenvalue weighted by Crippen LogP contribution is -2.11. The zero-order valence-corrected chi connectivity index (χ0v) is 32.9. The molecule has 0 bridgehead atoms. The number of benzene rings is 10. The minimum absolute atomic E-state index is 0.883. The van der Waals surface area contributed by atoms with Crippen LogP contribution in [0.1, 0.15) is 0 Å². The lowest BCUT2D eigenvalue weighted by molar-refractivity contribution is 0.669. The fourth-order valence-corrected chi connectivity index (χ4v) is 8.75. The highest BCUT2D eigenvalue weighted by molar-refractivity contribution is 6.16. The summed E-state index contributed by atoms with van der Waals surface area (Å²) in [5, 5.41) is 4.61. The number of hydrogen-bond donors (Lipinski definition) is 0. The lowest BCUT2D eigenvalue weighted by Gasteiger charge is -2.29. The number of fused-ring (bicyclic) bond motifs is 4. The SMILES string of the molecule is c1ccc(-c2ccc(-c3ccccc3N(c3ccc(-c4ccccc4)cc3)c3ccc(-c4cccc5oc6cc7ccccc7cc6c45)c(-c4ccccc4)c3)cc2)cc1. The van der Waals surface area contributed by atoms with E-state index in [0.29, 0.717) is 0 Å². The van der Waals surface area contributed by atoms with Crippen LogP contribution in [0.2, 0.25) is 0 Å². The molecule has 11 aromatic rings. The van der Waals surface area contributed by atoms with Gasteiger partial charge in [0.1, 0.15) is 11.2 Å². The summed E-state index contributed by atoms with van der Waals surface area (Å²) in [6, 6.07) is 84.9. The smallest absolute Gasteiger partial charge is 0.136 e. The van der Waals surface area contributed by atoms with Crippen molar-refractivity contribution in [1.29, 1.82) is 0 Å². The molecule has 0 amide bonds. The molecule has 0 atom stereocenters. The summed E-state index contributed by atoms with van der Waals surface area (Å²) in [4.78, 5) is 2.41. The molecule has 1 heterocycles. The molecule has 2 nitrogen and oxygen atoms in total. The van der Waals surface area contributed by atoms with E-state index >= 15 is 0 Å². The van der Waals surface area contributed by atoms with E-state index < -0.39 is 0 Å². The highest BCUT2D eigenvalue weighted by atomic mass is 16.3. The first-order chi connectivity index (χ1) is 29.7. The summed E-state index contributed by atoms with van der Waals surface area (Å²) >= 11 is 0. The first kappa shape index (κ1) is 35.2. The standard InChI is InChI=1S/C58H39NO/c1-4-15-40(16-5-1)42-27-29-45(30-28-42)50-23-12-13-25-55(50)59(48-33-31-43(32-34-48)41-17-6-2-7-18-41)49-35-36-51(53(39-49)44-19-8-3-9-20-44)52-24-14-26-56-58(52)54-37-46-21-10-11-22-47(46)38-57(54)60-56/h1-39H. The molecular weight excluding hydrogens is 727 g/mol. The van der Waals surface area contributed by atoms with Crippen molar-refractivity contribution in [2.24, 2.45) is 0 Å². The lowest BCUT2D eigenvalue weighted by atomic mass is 9.90. The van der Waals surface area contributed by atoms with Gasteiger partial charge in [-0.25, -0.2) is 0 Å². The van der Waals surface area contributed by atoms with Crippen LogP contribution in [0.5, 0.6) is 0 Å². The van der Waals surface area contributed by atoms with Gasteiger partial charge in [0.25, 0.3) is 0 Å². The van der Waals surface area contributed by atoms with Gasteiger partial charge in [0.15, 0.2) is 0 Å². The van der Waals surface area contributed by atoms with Crippen molar-refractivity contribution in [2.75, 3.05) is 4.90 Å². The maximum absolute atomic E-state index is 6.57. The second-order valence-electron chi connectivity index (χ2n) is 15.3. The first-order valence-electron chi connectivity index (χ1n) is 20.5. The largest absolute Gasteiger partial charge is 0.456 e. The van der Waals surface area contributed by atoms with Gasteiger partial charge in [-0.3, -0.25) is 0 Å². The molecule has 0 saturated heterocycles. The predicted molar refractivity (Wildman–Crippen MR) is 253 cm³/mol. The van der Waals surface area contributed by atoms with Gasteiger partial charge in [0, 0.05) is 27.7 Å². The molecule has 0 radical (unpaired) electrons. The van der Waals surface area contributed by atoms with Gasteiger partial charge in [-0.05, 0) is 109 Å². The highest BCUT2D eigenvalue weighted by Gasteiger charge is 2.22. The number of anilines is 3. The zero-order chi connectivity index (χ0) is 39.8. The summed E-state index contributed by atoms with van der Waals surface area (Å²) in [7, 11) is 0. The Bertz CT molecular complexity index is 3280. The molecule has 0 aliphatic carbocycles. The number of rotatable bonds is 8. The van der Waals surface area contributed by atoms with Gasteiger partial charge in [0.05, 0.1) is 5.69 Å². The molecule has 10 aromatic carbocycles. The average molecular weight is 766 g/mol. The Kier molecular flexibility index (Phi) is 8.87. The summed E-state index contributed by atoms with van der Waals surface area (Å²) < 4.78 is 6.57. The Balaban J connectivity index is 1.11. The van der Waals surface area contributed by atoms with Crippen LogP contribution in [0.3, 0.4) is 0 Å². The van der Waals surface area contributed by atoms with Crippen molar-refractivity contribution in [3.8, 4) is 55.6 Å². The molecule has 0 spiro atoms. The Labute approximate surface area is 349 Å². The Morgan fingerprint density at radius 2 is 0.783 bits per heavy atom.